The summed E-state index contributed by atoms with van der Waals surface area (Å²) in [5, 5.41) is 0. The lowest BCUT2D eigenvalue weighted by Crippen LogP contribution is -2.43. The lowest BCUT2D eigenvalue weighted by atomic mass is 9.86. The first kappa shape index (κ1) is 24.2. The number of carbonyl (C=O) groups is 1. The Morgan fingerprint density at radius 3 is 2.70 bits per heavy atom. The fraction of sp³-hybridized carbons (Fsp3) is 0.571. The molecule has 9 nitrogen and oxygen atoms in total. The SMILES string of the molecule is CCCC(=O)n1c(=O)n2c3nc(nc(N)c31)OCCCCCc1cc(cc3c1CCN(C1CCC1)C3)C2. The van der Waals surface area contributed by atoms with Gasteiger partial charge in [-0.25, -0.2) is 9.36 Å². The number of carbonyl (C=O) groups excluding carboxylic acids is 1. The number of nitrogens with two attached hydrogens (primary N) is 1. The van der Waals surface area contributed by atoms with Crippen LogP contribution in [-0.2, 0) is 25.9 Å². The van der Waals surface area contributed by atoms with E-state index in [1.807, 2.05) is 6.92 Å². The van der Waals surface area contributed by atoms with Gasteiger partial charge >= 0.3 is 11.7 Å². The quantitative estimate of drug-likeness (QED) is 0.580. The van der Waals surface area contributed by atoms with E-state index in [2.05, 4.69) is 27.0 Å². The van der Waals surface area contributed by atoms with Crippen molar-refractivity contribution < 1.29 is 9.53 Å². The Kier molecular flexibility index (Phi) is 6.48. The molecular formula is C28H36N6O3. The van der Waals surface area contributed by atoms with E-state index in [-0.39, 0.29) is 29.7 Å². The van der Waals surface area contributed by atoms with E-state index in [1.54, 1.807) is 4.57 Å². The maximum Gasteiger partial charge on any atom is 0.337 e. The summed E-state index contributed by atoms with van der Waals surface area (Å²) in [5.41, 5.74) is 11.8. The number of aromatic nitrogens is 4. The molecule has 3 aromatic rings. The van der Waals surface area contributed by atoms with Gasteiger partial charge in [0.05, 0.1) is 13.2 Å². The van der Waals surface area contributed by atoms with Crippen molar-refractivity contribution in [3.8, 4) is 6.01 Å². The maximum absolute atomic E-state index is 13.7. The summed E-state index contributed by atoms with van der Waals surface area (Å²) in [6.07, 6.45) is 9.95. The van der Waals surface area contributed by atoms with Gasteiger partial charge in [-0.15, -0.1) is 0 Å². The van der Waals surface area contributed by atoms with Crippen LogP contribution in [0.5, 0.6) is 6.01 Å². The number of nitrogens with zero attached hydrogens (tertiary/aromatic N) is 5. The van der Waals surface area contributed by atoms with Crippen LogP contribution in [0.1, 0.15) is 85.3 Å². The predicted octanol–water partition coefficient (Wildman–Crippen LogP) is 3.68. The highest BCUT2D eigenvalue weighted by atomic mass is 16.5. The summed E-state index contributed by atoms with van der Waals surface area (Å²) >= 11 is 0. The van der Waals surface area contributed by atoms with Gasteiger partial charge in [0.15, 0.2) is 11.5 Å². The molecule has 1 fully saturated rings. The summed E-state index contributed by atoms with van der Waals surface area (Å²) in [6.45, 7) is 4.82. The molecule has 2 aliphatic heterocycles. The number of hydrogen-bond donors (Lipinski definition) is 1. The summed E-state index contributed by atoms with van der Waals surface area (Å²) in [6, 6.07) is 5.40. The number of nitrogen functional groups attached to an aromatic ring is 1. The topological polar surface area (TPSA) is 108 Å². The normalized spacial score (nSPS) is 18.7. The summed E-state index contributed by atoms with van der Waals surface area (Å²) in [7, 11) is 0. The Bertz CT molecular complexity index is 1400. The highest BCUT2D eigenvalue weighted by molar-refractivity contribution is 5.94. The molecule has 3 aliphatic rings. The van der Waals surface area contributed by atoms with Gasteiger partial charge in [-0.1, -0.05) is 25.5 Å². The van der Waals surface area contributed by atoms with Crippen LogP contribution in [0, 0.1) is 0 Å². The summed E-state index contributed by atoms with van der Waals surface area (Å²) < 4.78 is 8.55. The molecule has 6 rings (SSSR count). The summed E-state index contributed by atoms with van der Waals surface area (Å²) in [5.74, 6) is -0.199. The second kappa shape index (κ2) is 9.93. The van der Waals surface area contributed by atoms with Gasteiger partial charge in [-0.05, 0) is 73.6 Å². The molecule has 9 heteroatoms. The zero-order chi connectivity index (χ0) is 25.5. The van der Waals surface area contributed by atoms with Crippen LogP contribution in [0.2, 0.25) is 0 Å². The monoisotopic (exact) mass is 504 g/mol. The van der Waals surface area contributed by atoms with E-state index in [9.17, 15) is 9.59 Å². The molecule has 0 unspecified atom stereocenters. The minimum atomic E-state index is -0.422. The second-order valence-electron chi connectivity index (χ2n) is 10.8. The zero-order valence-corrected chi connectivity index (χ0v) is 21.7. The van der Waals surface area contributed by atoms with E-state index in [1.165, 1.54) is 36.0 Å². The number of imidazole rings is 1. The number of rotatable bonds is 3. The molecule has 0 atom stereocenters. The zero-order valence-electron chi connectivity index (χ0n) is 21.7. The molecule has 1 aliphatic carbocycles. The Balaban J connectivity index is 1.48. The minimum Gasteiger partial charge on any atom is -0.463 e. The van der Waals surface area contributed by atoms with Gasteiger partial charge in [0.2, 0.25) is 5.91 Å². The van der Waals surface area contributed by atoms with Crippen molar-refractivity contribution in [2.24, 2.45) is 0 Å². The average Bonchev–Trinajstić information content (AvgIpc) is 3.11. The largest absolute Gasteiger partial charge is 0.463 e. The Morgan fingerprint density at radius 2 is 1.92 bits per heavy atom. The number of benzene rings is 1. The van der Waals surface area contributed by atoms with E-state index in [0.717, 1.165) is 55.3 Å². The Morgan fingerprint density at radius 1 is 1.08 bits per heavy atom. The average molecular weight is 505 g/mol. The van der Waals surface area contributed by atoms with Crippen LogP contribution in [0.4, 0.5) is 5.82 Å². The fourth-order valence-electron chi connectivity index (χ4n) is 6.12. The van der Waals surface area contributed by atoms with Crippen molar-refractivity contribution in [2.45, 2.75) is 90.3 Å². The third-order valence-corrected chi connectivity index (χ3v) is 8.26. The molecule has 2 N–H and O–H groups in total. The van der Waals surface area contributed by atoms with E-state index >= 15 is 0 Å². The maximum atomic E-state index is 13.7. The van der Waals surface area contributed by atoms with Crippen molar-refractivity contribution in [2.75, 3.05) is 18.9 Å². The molecular weight excluding hydrogens is 468 g/mol. The van der Waals surface area contributed by atoms with Crippen LogP contribution < -0.4 is 16.2 Å². The van der Waals surface area contributed by atoms with Crippen LogP contribution in [0.15, 0.2) is 16.9 Å². The van der Waals surface area contributed by atoms with Crippen LogP contribution >= 0.6 is 0 Å². The Hall–Kier alpha value is -3.20. The van der Waals surface area contributed by atoms with Gasteiger partial charge in [-0.2, -0.15) is 9.97 Å². The number of anilines is 1. The van der Waals surface area contributed by atoms with E-state index in [0.29, 0.717) is 31.3 Å². The number of aryl methyl sites for hydroxylation is 1. The van der Waals surface area contributed by atoms with Crippen molar-refractivity contribution in [3.63, 3.8) is 0 Å². The first-order chi connectivity index (χ1) is 18.0. The highest BCUT2D eigenvalue weighted by Crippen LogP contribution is 2.33. The molecule has 4 bridgehead atoms. The smallest absolute Gasteiger partial charge is 0.337 e. The molecule has 0 spiro atoms. The van der Waals surface area contributed by atoms with Crippen molar-refractivity contribution in [3.05, 3.63) is 44.9 Å². The highest BCUT2D eigenvalue weighted by Gasteiger charge is 2.29. The molecule has 4 heterocycles. The molecule has 1 aromatic carbocycles. The lowest BCUT2D eigenvalue weighted by molar-refractivity contribution is 0.0902. The molecule has 2 aromatic heterocycles. The standard InChI is InChI=1S/C28H36N6O3/c1-2-7-23(35)34-24-25(29)30-27-31-26(24)33(28(34)36)16-18-14-19(8-4-3-5-13-37-27)22-11-12-32(17-20(22)15-18)21-9-6-10-21/h14-15,21H,2-13,16-17H2,1H3,(H2,29,30,31). The number of ether oxygens (including phenoxy) is 1. The molecule has 0 saturated heterocycles. The van der Waals surface area contributed by atoms with Crippen LogP contribution in [0.3, 0.4) is 0 Å². The van der Waals surface area contributed by atoms with Gasteiger partial charge < -0.3 is 10.5 Å². The first-order valence-corrected chi connectivity index (χ1v) is 13.9. The van der Waals surface area contributed by atoms with Gasteiger partial charge in [0.1, 0.15) is 5.52 Å². The van der Waals surface area contributed by atoms with Gasteiger partial charge in [0.25, 0.3) is 0 Å². The van der Waals surface area contributed by atoms with Crippen LogP contribution in [-0.4, -0.2) is 49.1 Å². The van der Waals surface area contributed by atoms with E-state index in [4.69, 9.17) is 10.5 Å². The fourth-order valence-corrected chi connectivity index (χ4v) is 6.12. The van der Waals surface area contributed by atoms with Gasteiger partial charge in [-0.3, -0.25) is 14.3 Å². The third kappa shape index (κ3) is 4.43. The lowest BCUT2D eigenvalue weighted by Gasteiger charge is -2.41. The number of fused-ring (bicyclic) bond motifs is 5. The van der Waals surface area contributed by atoms with E-state index < -0.39 is 5.69 Å². The second-order valence-corrected chi connectivity index (χ2v) is 10.8. The predicted molar refractivity (Wildman–Crippen MR) is 142 cm³/mol. The Labute approximate surface area is 216 Å². The third-order valence-electron chi connectivity index (χ3n) is 8.26. The van der Waals surface area contributed by atoms with Crippen LogP contribution in [0.25, 0.3) is 11.2 Å². The first-order valence-electron chi connectivity index (χ1n) is 13.9. The van der Waals surface area contributed by atoms with Crippen molar-refractivity contribution >= 4 is 22.9 Å². The van der Waals surface area contributed by atoms with Crippen molar-refractivity contribution in [1.29, 1.82) is 0 Å². The molecule has 37 heavy (non-hydrogen) atoms. The van der Waals surface area contributed by atoms with Crippen molar-refractivity contribution in [1.82, 2.24) is 24.0 Å². The summed E-state index contributed by atoms with van der Waals surface area (Å²) in [4.78, 5) is 38.2. The molecule has 0 radical (unpaired) electrons. The minimum absolute atomic E-state index is 0.0923. The molecule has 1 saturated carbocycles. The van der Waals surface area contributed by atoms with Gasteiger partial charge in [0, 0.05) is 25.6 Å². The molecule has 196 valence electrons. The molecule has 0 amide bonds. The number of hydrogen-bond acceptors (Lipinski definition) is 7.